The van der Waals surface area contributed by atoms with Crippen LogP contribution in [-0.2, 0) is 14.4 Å². The van der Waals surface area contributed by atoms with Crippen molar-refractivity contribution < 1.29 is 18.8 Å². The van der Waals surface area contributed by atoms with Crippen LogP contribution < -0.4 is 11.1 Å². The maximum absolute atomic E-state index is 13.2. The van der Waals surface area contributed by atoms with E-state index in [2.05, 4.69) is 27.9 Å². The van der Waals surface area contributed by atoms with Crippen molar-refractivity contribution in [2.24, 2.45) is 10.8 Å². The Kier molecular flexibility index (Phi) is 20.2. The van der Waals surface area contributed by atoms with Gasteiger partial charge in [-0.3, -0.25) is 9.80 Å². The number of allylic oxidation sites excluding steroid dienone is 1. The number of aldehydes is 1. The van der Waals surface area contributed by atoms with Gasteiger partial charge in [-0.2, -0.15) is 9.49 Å². The van der Waals surface area contributed by atoms with Crippen LogP contribution in [0.3, 0.4) is 0 Å². The average molecular weight is 499 g/mol. The van der Waals surface area contributed by atoms with Crippen LogP contribution in [0, 0.1) is 18.3 Å². The number of benzene rings is 1. The molecule has 36 heavy (non-hydrogen) atoms. The summed E-state index contributed by atoms with van der Waals surface area (Å²) in [6.45, 7) is 8.49. The minimum atomic E-state index is -0.537. The van der Waals surface area contributed by atoms with E-state index in [1.54, 1.807) is 36.5 Å². The first kappa shape index (κ1) is 34.0. The topological polar surface area (TPSA) is 142 Å². The number of rotatable bonds is 6. The van der Waals surface area contributed by atoms with Gasteiger partial charge in [0.05, 0.1) is 12.6 Å². The molecule has 9 nitrogen and oxygen atoms in total. The molecule has 194 valence electrons. The summed E-state index contributed by atoms with van der Waals surface area (Å²) >= 11 is 0. The molecule has 4 N–H and O–H groups in total. The highest BCUT2D eigenvalue weighted by Crippen LogP contribution is 2.17. The van der Waals surface area contributed by atoms with Gasteiger partial charge in [-0.25, -0.2) is 4.98 Å². The summed E-state index contributed by atoms with van der Waals surface area (Å²) in [5.41, 5.74) is 7.57. The molecule has 1 unspecified atom stereocenters. The van der Waals surface area contributed by atoms with E-state index in [4.69, 9.17) is 15.0 Å². The predicted molar refractivity (Wildman–Crippen MR) is 143 cm³/mol. The monoisotopic (exact) mass is 498 g/mol. The summed E-state index contributed by atoms with van der Waals surface area (Å²) < 4.78 is 13.2. The molecule has 0 radical (unpaired) electrons. The molecule has 0 fully saturated rings. The zero-order valence-electron chi connectivity index (χ0n) is 21.1. The number of nitrogens with one attached hydrogen (secondary N) is 2. The standard InChI is InChI=1S/C21H21FN4O.C2H4O.CH5N.CH3N.CH2O/c1-15-5-7-17(8-6-15)20(23-2)21(27)18-4-3-12-26(25-18)13-10-16-9-11-24-19(22)14-16;1-2-3;3*1-2/h3-11,13-14,20,23H,12H2,1-2H3;2H,1H3;2H2,1H3;2H,1H2;1H2/b13-10+;;;;. The Hall–Kier alpha value is -4.15. The predicted octanol–water partition coefficient (Wildman–Crippen LogP) is 3.12. The van der Waals surface area contributed by atoms with Crippen LogP contribution in [0.2, 0.25) is 0 Å². The number of hydrogen-bond donors (Lipinski definition) is 3. The highest BCUT2D eigenvalue weighted by atomic mass is 19.1. The molecule has 3 rings (SSSR count). The second-order valence-electron chi connectivity index (χ2n) is 6.47. The molecule has 1 aliphatic heterocycles. The van der Waals surface area contributed by atoms with Gasteiger partial charge in [0.2, 0.25) is 11.7 Å². The molecule has 0 saturated heterocycles. The van der Waals surface area contributed by atoms with Gasteiger partial charge in [0.15, 0.2) is 0 Å². The number of aromatic nitrogens is 1. The largest absolute Gasteiger partial charge is 0.333 e. The molecule has 0 aliphatic carbocycles. The number of hydrazone groups is 1. The molecular weight excluding hydrogens is 463 g/mol. The Morgan fingerprint density at radius 3 is 2.33 bits per heavy atom. The molecule has 0 bridgehead atoms. The van der Waals surface area contributed by atoms with Crippen molar-refractivity contribution in [1.29, 1.82) is 5.41 Å². The third-order valence-corrected chi connectivity index (χ3v) is 4.21. The molecule has 10 heteroatoms. The fourth-order valence-electron chi connectivity index (χ4n) is 2.76. The number of halogens is 1. The van der Waals surface area contributed by atoms with E-state index in [-0.39, 0.29) is 5.78 Å². The number of likely N-dealkylation sites (N-methyl/N-ethyl adjacent to an activating group) is 1. The van der Waals surface area contributed by atoms with Crippen molar-refractivity contribution in [3.05, 3.63) is 83.6 Å². The second-order valence-corrected chi connectivity index (χ2v) is 6.47. The molecule has 0 spiro atoms. The third kappa shape index (κ3) is 12.4. The zero-order chi connectivity index (χ0) is 27.9. The number of Topliss-reactive ketones (excluding diaryl/α,β-unsaturated/α-hetero) is 1. The van der Waals surface area contributed by atoms with Crippen molar-refractivity contribution in [2.75, 3.05) is 20.6 Å². The zero-order valence-corrected chi connectivity index (χ0v) is 21.1. The van der Waals surface area contributed by atoms with Crippen LogP contribution in [-0.4, -0.2) is 61.9 Å². The van der Waals surface area contributed by atoms with Crippen molar-refractivity contribution in [2.45, 2.75) is 19.9 Å². The Labute approximate surface area is 212 Å². The number of pyridine rings is 1. The Morgan fingerprint density at radius 2 is 1.81 bits per heavy atom. The first-order valence-electron chi connectivity index (χ1n) is 10.7. The number of aryl methyl sites for hydroxylation is 1. The lowest BCUT2D eigenvalue weighted by Crippen LogP contribution is -2.33. The van der Waals surface area contributed by atoms with E-state index in [0.717, 1.165) is 17.4 Å². The van der Waals surface area contributed by atoms with E-state index in [1.807, 2.05) is 44.1 Å². The second kappa shape index (κ2) is 21.4. The van der Waals surface area contributed by atoms with E-state index < -0.39 is 12.0 Å². The maximum Gasteiger partial charge on any atom is 0.213 e. The normalized spacial score (nSPS) is 12.1. The van der Waals surface area contributed by atoms with Gasteiger partial charge >= 0.3 is 0 Å². The van der Waals surface area contributed by atoms with Crippen molar-refractivity contribution in [3.8, 4) is 0 Å². The number of carbonyl (C=O) groups excluding carboxylic acids is 3. The molecule has 1 aromatic carbocycles. The lowest BCUT2D eigenvalue weighted by molar-refractivity contribution is -0.114. The number of hydrogen-bond acceptors (Lipinski definition) is 9. The molecule has 0 amide bonds. The summed E-state index contributed by atoms with van der Waals surface area (Å²) in [6, 6.07) is 10.4. The van der Waals surface area contributed by atoms with Crippen LogP contribution in [0.1, 0.15) is 29.7 Å². The van der Waals surface area contributed by atoms with Gasteiger partial charge < -0.3 is 26.0 Å². The lowest BCUT2D eigenvalue weighted by atomic mass is 9.98. The lowest BCUT2D eigenvalue weighted by Gasteiger charge is -2.20. The van der Waals surface area contributed by atoms with Gasteiger partial charge in [-0.15, -0.1) is 0 Å². The van der Waals surface area contributed by atoms with Gasteiger partial charge in [0.1, 0.15) is 18.8 Å². The molecule has 1 aromatic heterocycles. The van der Waals surface area contributed by atoms with E-state index >= 15 is 0 Å². The first-order valence-corrected chi connectivity index (χ1v) is 10.7. The number of nitrogens with two attached hydrogens (primary N) is 1. The fraction of sp³-hybridized carbons (Fsp3) is 0.231. The first-order chi connectivity index (χ1) is 17.5. The summed E-state index contributed by atoms with van der Waals surface area (Å²) in [5.74, 6) is -0.643. The van der Waals surface area contributed by atoms with Gasteiger partial charge in [0.25, 0.3) is 0 Å². The molecule has 2 heterocycles. The van der Waals surface area contributed by atoms with Crippen LogP contribution in [0.25, 0.3) is 6.08 Å². The van der Waals surface area contributed by atoms with Crippen LogP contribution in [0.4, 0.5) is 4.39 Å². The summed E-state index contributed by atoms with van der Waals surface area (Å²) in [7, 11) is 3.26. The van der Waals surface area contributed by atoms with Gasteiger partial charge in [0, 0.05) is 18.5 Å². The van der Waals surface area contributed by atoms with Crippen LogP contribution in [0.5, 0.6) is 0 Å². The van der Waals surface area contributed by atoms with Crippen molar-refractivity contribution in [1.82, 2.24) is 15.3 Å². The van der Waals surface area contributed by atoms with Crippen molar-refractivity contribution in [3.63, 3.8) is 0 Å². The molecule has 0 saturated carbocycles. The van der Waals surface area contributed by atoms with E-state index in [9.17, 15) is 9.18 Å². The fourth-order valence-corrected chi connectivity index (χ4v) is 2.76. The Balaban J connectivity index is 0. The van der Waals surface area contributed by atoms with Crippen molar-refractivity contribution >= 4 is 37.4 Å². The number of nitrogens with zero attached hydrogens (tertiary/aromatic N) is 3. The minimum Gasteiger partial charge on any atom is -0.333 e. The minimum absolute atomic E-state index is 0.106. The number of ketones is 1. The SMILES string of the molecule is C=N.C=O.CC=O.CN.CNC(C(=O)C1=NN(/C=C/c2ccnc(F)c2)CC=C1)c1ccc(C)cc1. The highest BCUT2D eigenvalue weighted by Gasteiger charge is 2.24. The maximum atomic E-state index is 13.2. The molecular formula is C26H35FN6O3. The number of carbonyl (C=O) groups is 3. The van der Waals surface area contributed by atoms with Gasteiger partial charge in [-0.1, -0.05) is 35.9 Å². The van der Waals surface area contributed by atoms with Crippen LogP contribution >= 0.6 is 0 Å². The summed E-state index contributed by atoms with van der Waals surface area (Å²) in [6.07, 6.45) is 9.20. The Morgan fingerprint density at radius 1 is 1.22 bits per heavy atom. The van der Waals surface area contributed by atoms with Crippen LogP contribution in [0.15, 0.2) is 66.0 Å². The summed E-state index contributed by atoms with van der Waals surface area (Å²) in [5, 5.41) is 14.6. The van der Waals surface area contributed by atoms with E-state index in [0.29, 0.717) is 17.8 Å². The Bertz CT molecular complexity index is 991. The van der Waals surface area contributed by atoms with E-state index in [1.165, 1.54) is 26.2 Å². The smallest absolute Gasteiger partial charge is 0.213 e. The highest BCUT2D eigenvalue weighted by molar-refractivity contribution is 6.45. The third-order valence-electron chi connectivity index (χ3n) is 4.21. The molecule has 1 aliphatic rings. The average Bonchev–Trinajstić information content (AvgIpc) is 2.93. The summed E-state index contributed by atoms with van der Waals surface area (Å²) in [4.78, 5) is 33.3. The quantitative estimate of drug-likeness (QED) is 0.316. The van der Waals surface area contributed by atoms with Gasteiger partial charge in [-0.05, 0) is 64.0 Å². The molecule has 2 aromatic rings. The molecule has 1 atom stereocenters.